The molecule has 0 fully saturated rings. The molecule has 3 aliphatic rings. The molecule has 0 N–H and O–H groups in total. The Morgan fingerprint density at radius 1 is 0.210 bits per heavy atom. The summed E-state index contributed by atoms with van der Waals surface area (Å²) in [5.74, 6) is -1.46. The third-order valence-electron chi connectivity index (χ3n) is 18.3. The largest absolute Gasteiger partial charge is 0.274 e. The van der Waals surface area contributed by atoms with Gasteiger partial charge in [0, 0.05) is 19.6 Å². The van der Waals surface area contributed by atoms with Crippen molar-refractivity contribution in [2.45, 2.75) is 213 Å². The lowest BCUT2D eigenvalue weighted by molar-refractivity contribution is 0.0636. The van der Waals surface area contributed by atoms with Crippen molar-refractivity contribution >= 4 is 100 Å². The van der Waals surface area contributed by atoms with Crippen molar-refractivity contribution in [3.63, 3.8) is 0 Å². The summed E-state index contributed by atoms with van der Waals surface area (Å²) in [6.07, 6.45) is 35.1. The van der Waals surface area contributed by atoms with Crippen LogP contribution in [0.15, 0.2) is 72.8 Å². The van der Waals surface area contributed by atoms with Gasteiger partial charge < -0.3 is 0 Å². The molecule has 0 aromatic heterocycles. The number of fused-ring (bicyclic) bond motifs is 12. The summed E-state index contributed by atoms with van der Waals surface area (Å²) in [5.41, 5.74) is 2.57. The average Bonchev–Trinajstić information content (AvgIpc) is 4.14. The van der Waals surface area contributed by atoms with Gasteiger partial charge in [-0.15, -0.1) is 0 Å². The third-order valence-corrected chi connectivity index (χ3v) is 18.3. The van der Waals surface area contributed by atoms with E-state index in [0.717, 1.165) is 122 Å². The van der Waals surface area contributed by atoms with Crippen LogP contribution in [-0.4, -0.2) is 69.8 Å². The lowest BCUT2D eigenvalue weighted by Gasteiger charge is -2.15. The van der Waals surface area contributed by atoms with Crippen molar-refractivity contribution in [1.82, 2.24) is 14.7 Å². The zero-order valence-electron chi connectivity index (χ0n) is 49.1. The molecule has 6 amide bonds. The predicted molar refractivity (Wildman–Crippen MR) is 333 cm³/mol. The SMILES string of the molecule is CCCCCCCCCCCCN1C(=O)c2cc3cc4c5cc6cc7c(cc6cc5c5cc6cc8c(cc6cc5c4cc3cc2C1=O)C(=O)N(CCCCCCCCCCCC)C8=O)C(=O)N(CCCCCCCCCCCC)C7=O. The first-order chi connectivity index (χ1) is 39.6. The fourth-order valence-electron chi connectivity index (χ4n) is 13.5. The summed E-state index contributed by atoms with van der Waals surface area (Å²) in [4.78, 5) is 88.7. The Bertz CT molecular complexity index is 2930. The number of imide groups is 3. The number of hydrogen-bond acceptors (Lipinski definition) is 6. The van der Waals surface area contributed by atoms with Gasteiger partial charge in [-0.3, -0.25) is 43.5 Å². The molecule has 0 saturated carbocycles. The van der Waals surface area contributed by atoms with Gasteiger partial charge in [0.15, 0.2) is 0 Å². The number of hydrogen-bond donors (Lipinski definition) is 0. The molecule has 7 aromatic rings. The van der Waals surface area contributed by atoms with Gasteiger partial charge in [0.1, 0.15) is 0 Å². The molecule has 9 nitrogen and oxygen atoms in total. The molecular formula is C72H87N3O6. The van der Waals surface area contributed by atoms with E-state index in [9.17, 15) is 28.8 Å². The van der Waals surface area contributed by atoms with E-state index >= 15 is 0 Å². The molecule has 0 atom stereocenters. The Kier molecular flexibility index (Phi) is 19.3. The zero-order chi connectivity index (χ0) is 56.4. The van der Waals surface area contributed by atoms with Crippen LogP contribution in [0.2, 0.25) is 0 Å². The predicted octanol–water partition coefficient (Wildman–Crippen LogP) is 19.2. The number of carbonyl (C=O) groups is 6. The Morgan fingerprint density at radius 3 is 0.519 bits per heavy atom. The lowest BCUT2D eigenvalue weighted by Crippen LogP contribution is -2.30. The zero-order valence-corrected chi connectivity index (χ0v) is 49.1. The molecule has 3 aliphatic heterocycles. The highest BCUT2D eigenvalue weighted by Crippen LogP contribution is 2.43. The number of benzene rings is 7. The van der Waals surface area contributed by atoms with Crippen LogP contribution < -0.4 is 0 Å². The molecule has 0 bridgehead atoms. The highest BCUT2D eigenvalue weighted by Gasteiger charge is 2.38. The second kappa shape index (κ2) is 27.1. The van der Waals surface area contributed by atoms with Crippen LogP contribution >= 0.6 is 0 Å². The molecule has 10 rings (SSSR count). The third kappa shape index (κ3) is 12.5. The van der Waals surface area contributed by atoms with Crippen LogP contribution in [0.1, 0.15) is 276 Å². The van der Waals surface area contributed by atoms with Crippen molar-refractivity contribution in [2.24, 2.45) is 0 Å². The molecule has 0 unspecified atom stereocenters. The van der Waals surface area contributed by atoms with Gasteiger partial charge in [-0.25, -0.2) is 0 Å². The summed E-state index contributed by atoms with van der Waals surface area (Å²) in [6.45, 7) is 7.93. The molecule has 426 valence electrons. The van der Waals surface area contributed by atoms with Gasteiger partial charge in [0.05, 0.1) is 33.4 Å². The topological polar surface area (TPSA) is 112 Å². The lowest BCUT2D eigenvalue weighted by atomic mass is 9.88. The minimum atomic E-state index is -0.244. The summed E-state index contributed by atoms with van der Waals surface area (Å²) in [6, 6.07) is 24.0. The minimum absolute atomic E-state index is 0.244. The molecule has 0 spiro atoms. The molecule has 3 heterocycles. The Morgan fingerprint density at radius 2 is 0.358 bits per heavy atom. The van der Waals surface area contributed by atoms with Crippen LogP contribution in [0.4, 0.5) is 0 Å². The maximum Gasteiger partial charge on any atom is 0.261 e. The number of rotatable bonds is 33. The second-order valence-electron chi connectivity index (χ2n) is 24.3. The first-order valence-corrected chi connectivity index (χ1v) is 32.1. The monoisotopic (exact) mass is 1090 g/mol. The maximum atomic E-state index is 14.1. The fourth-order valence-corrected chi connectivity index (χ4v) is 13.5. The standard InChI is InChI=1S/C72H87N3O6/c1-4-7-10-13-16-19-22-25-28-31-34-73-67(76)61-43-49-37-55-56(38-50(49)44-62(61)68(73)77)58-40-52-46-64-66(72(81)75(70(64)79)36-33-30-27-24-21-18-15-12-9-6-3)48-54(52)42-60(58)59-41-53-47-65-63(45-51(53)39-57(55)59)69(78)74(71(65)80)35-32-29-26-23-20-17-14-11-8-5-2/h37-48H,4-36H2,1-3H3. The Hall–Kier alpha value is -6.48. The maximum absolute atomic E-state index is 14.1. The van der Waals surface area contributed by atoms with Gasteiger partial charge in [-0.2, -0.15) is 0 Å². The van der Waals surface area contributed by atoms with Crippen molar-refractivity contribution < 1.29 is 28.8 Å². The van der Waals surface area contributed by atoms with Gasteiger partial charge in [-0.05, 0) is 157 Å². The van der Waals surface area contributed by atoms with E-state index in [1.807, 2.05) is 36.4 Å². The smallest absolute Gasteiger partial charge is 0.261 e. The first-order valence-electron chi connectivity index (χ1n) is 32.1. The van der Waals surface area contributed by atoms with Gasteiger partial charge in [0.25, 0.3) is 35.4 Å². The number of nitrogens with zero attached hydrogens (tertiary/aromatic N) is 3. The quantitative estimate of drug-likeness (QED) is 0.0175. The van der Waals surface area contributed by atoms with E-state index in [1.165, 1.54) is 150 Å². The molecule has 0 saturated heterocycles. The summed E-state index contributed by atoms with van der Waals surface area (Å²) >= 11 is 0. The van der Waals surface area contributed by atoms with Crippen molar-refractivity contribution in [1.29, 1.82) is 0 Å². The minimum Gasteiger partial charge on any atom is -0.274 e. The summed E-state index contributed by atoms with van der Waals surface area (Å²) in [5, 5.41) is 10.7. The normalized spacial score (nSPS) is 14.3. The van der Waals surface area contributed by atoms with Gasteiger partial charge in [-0.1, -0.05) is 194 Å². The average molecular weight is 1090 g/mol. The molecule has 0 aliphatic carbocycles. The van der Waals surface area contributed by atoms with E-state index in [4.69, 9.17) is 0 Å². The highest BCUT2D eigenvalue weighted by molar-refractivity contribution is 6.33. The van der Waals surface area contributed by atoms with Crippen LogP contribution in [0.5, 0.6) is 0 Å². The number of carbonyl (C=O) groups excluding carboxylic acids is 6. The van der Waals surface area contributed by atoms with Crippen LogP contribution in [-0.2, 0) is 0 Å². The summed E-state index contributed by atoms with van der Waals surface area (Å²) < 4.78 is 0. The van der Waals surface area contributed by atoms with Crippen molar-refractivity contribution in [3.05, 3.63) is 106 Å². The van der Waals surface area contributed by atoms with E-state index in [1.54, 1.807) is 0 Å². The van der Waals surface area contributed by atoms with Crippen LogP contribution in [0, 0.1) is 0 Å². The Balaban J connectivity index is 0.957. The summed E-state index contributed by atoms with van der Waals surface area (Å²) in [7, 11) is 0. The molecule has 7 aromatic carbocycles. The van der Waals surface area contributed by atoms with Crippen molar-refractivity contribution in [2.75, 3.05) is 19.6 Å². The molecular weight excluding hydrogens is 1000 g/mol. The van der Waals surface area contributed by atoms with Crippen molar-refractivity contribution in [3.8, 4) is 0 Å². The van der Waals surface area contributed by atoms with E-state index in [-0.39, 0.29) is 35.4 Å². The van der Waals surface area contributed by atoms with E-state index < -0.39 is 0 Å². The van der Waals surface area contributed by atoms with Crippen LogP contribution in [0.3, 0.4) is 0 Å². The number of amides is 6. The highest BCUT2D eigenvalue weighted by atomic mass is 16.2. The fraction of sp³-hybridized carbons (Fsp3) is 0.500. The van der Waals surface area contributed by atoms with Crippen LogP contribution in [0.25, 0.3) is 64.6 Å². The van der Waals surface area contributed by atoms with E-state index in [2.05, 4.69) is 57.2 Å². The van der Waals surface area contributed by atoms with Gasteiger partial charge in [0.2, 0.25) is 0 Å². The Labute approximate surface area is 480 Å². The number of unbranched alkanes of at least 4 members (excludes halogenated alkanes) is 27. The molecule has 9 heteroatoms. The van der Waals surface area contributed by atoms with Gasteiger partial charge >= 0.3 is 0 Å². The first kappa shape index (κ1) is 57.7. The second-order valence-corrected chi connectivity index (χ2v) is 24.3. The molecule has 0 radical (unpaired) electrons. The van der Waals surface area contributed by atoms with E-state index in [0.29, 0.717) is 53.0 Å². The molecule has 81 heavy (non-hydrogen) atoms.